The molecule has 0 fully saturated rings. The van der Waals surface area contributed by atoms with Gasteiger partial charge >= 0.3 is 0 Å². The third-order valence-corrected chi connectivity index (χ3v) is 4.03. The molecule has 0 radical (unpaired) electrons. The van der Waals surface area contributed by atoms with Crippen LogP contribution in [0, 0.1) is 6.92 Å². The Morgan fingerprint density at radius 1 is 0.833 bits per heavy atom. The van der Waals surface area contributed by atoms with Crippen molar-refractivity contribution < 1.29 is 0 Å². The van der Waals surface area contributed by atoms with Gasteiger partial charge in [-0.05, 0) is 30.7 Å². The van der Waals surface area contributed by atoms with Gasteiger partial charge < -0.3 is 0 Å². The quantitative estimate of drug-likeness (QED) is 0.509. The number of aromatic nitrogens is 3. The van der Waals surface area contributed by atoms with Crippen molar-refractivity contribution in [2.45, 2.75) is 6.92 Å². The maximum Gasteiger partial charge on any atom is 0.113 e. The zero-order valence-corrected chi connectivity index (χ0v) is 13.4. The van der Waals surface area contributed by atoms with E-state index in [0.717, 1.165) is 27.9 Å². The molecule has 0 aliphatic rings. The van der Waals surface area contributed by atoms with E-state index >= 15 is 0 Å². The van der Waals surface area contributed by atoms with E-state index in [1.807, 2.05) is 47.1 Å². The smallest absolute Gasteiger partial charge is 0.113 e. The molecule has 0 N–H and O–H groups in total. The van der Waals surface area contributed by atoms with E-state index in [0.29, 0.717) is 0 Å². The van der Waals surface area contributed by atoms with Crippen LogP contribution >= 0.6 is 0 Å². The average Bonchev–Trinajstić information content (AvgIpc) is 3.06. The SMILES string of the molecule is Cc1ccc(/C=C(/c2ccccc2)n2nnc3ccccc32)cc1. The lowest BCUT2D eigenvalue weighted by Crippen LogP contribution is -2.01. The Hall–Kier alpha value is -3.20. The topological polar surface area (TPSA) is 30.7 Å². The number of rotatable bonds is 3. The fourth-order valence-corrected chi connectivity index (χ4v) is 2.74. The maximum atomic E-state index is 4.38. The van der Waals surface area contributed by atoms with Crippen LogP contribution in [0.3, 0.4) is 0 Å². The predicted molar refractivity (Wildman–Crippen MR) is 98.4 cm³/mol. The molecule has 0 unspecified atom stereocenters. The first kappa shape index (κ1) is 14.4. The summed E-state index contributed by atoms with van der Waals surface area (Å²) >= 11 is 0. The van der Waals surface area contributed by atoms with Crippen LogP contribution in [0.1, 0.15) is 16.7 Å². The summed E-state index contributed by atoms with van der Waals surface area (Å²) in [5.74, 6) is 0. The Balaban J connectivity index is 1.92. The van der Waals surface area contributed by atoms with Gasteiger partial charge in [0, 0.05) is 5.56 Å². The van der Waals surface area contributed by atoms with Gasteiger partial charge in [0.05, 0.1) is 11.2 Å². The van der Waals surface area contributed by atoms with Crippen LogP contribution in [-0.4, -0.2) is 15.0 Å². The maximum absolute atomic E-state index is 4.38. The molecule has 0 saturated heterocycles. The highest BCUT2D eigenvalue weighted by molar-refractivity contribution is 5.87. The first-order valence-electron chi connectivity index (χ1n) is 7.96. The standard InChI is InChI=1S/C21H17N3/c1-16-11-13-17(14-12-16)15-21(18-7-3-2-4-8-18)24-20-10-6-5-9-19(20)22-23-24/h2-15H,1H3/b21-15-. The van der Waals surface area contributed by atoms with Gasteiger partial charge in [-0.2, -0.15) is 0 Å². The highest BCUT2D eigenvalue weighted by Crippen LogP contribution is 2.23. The second-order valence-corrected chi connectivity index (χ2v) is 5.80. The summed E-state index contributed by atoms with van der Waals surface area (Å²) in [6, 6.07) is 26.8. The summed E-state index contributed by atoms with van der Waals surface area (Å²) in [6.45, 7) is 2.09. The van der Waals surface area contributed by atoms with E-state index in [1.165, 1.54) is 5.56 Å². The van der Waals surface area contributed by atoms with Gasteiger partial charge in [0.2, 0.25) is 0 Å². The largest absolute Gasteiger partial charge is 0.212 e. The summed E-state index contributed by atoms with van der Waals surface area (Å²) in [7, 11) is 0. The van der Waals surface area contributed by atoms with Crippen LogP contribution in [0.4, 0.5) is 0 Å². The number of aryl methyl sites for hydroxylation is 1. The van der Waals surface area contributed by atoms with E-state index in [2.05, 4.69) is 59.7 Å². The van der Waals surface area contributed by atoms with Gasteiger partial charge in [0.25, 0.3) is 0 Å². The summed E-state index contributed by atoms with van der Waals surface area (Å²) in [6.07, 6.45) is 2.15. The number of hydrogen-bond acceptors (Lipinski definition) is 2. The van der Waals surface area contributed by atoms with Gasteiger partial charge in [-0.15, -0.1) is 5.10 Å². The molecule has 3 aromatic carbocycles. The molecule has 1 heterocycles. The molecule has 0 aliphatic heterocycles. The van der Waals surface area contributed by atoms with E-state index < -0.39 is 0 Å². The zero-order valence-electron chi connectivity index (χ0n) is 13.4. The van der Waals surface area contributed by atoms with Crippen molar-refractivity contribution in [1.29, 1.82) is 0 Å². The van der Waals surface area contributed by atoms with E-state index in [-0.39, 0.29) is 0 Å². The molecule has 3 heteroatoms. The molecule has 0 bridgehead atoms. The molecular weight excluding hydrogens is 294 g/mol. The van der Waals surface area contributed by atoms with Crippen LogP contribution in [0.15, 0.2) is 78.9 Å². The molecule has 24 heavy (non-hydrogen) atoms. The summed E-state index contributed by atoms with van der Waals surface area (Å²) in [5.41, 5.74) is 6.39. The Morgan fingerprint density at radius 2 is 1.54 bits per heavy atom. The third kappa shape index (κ3) is 2.72. The van der Waals surface area contributed by atoms with Crippen LogP contribution in [0.5, 0.6) is 0 Å². The summed E-state index contributed by atoms with van der Waals surface area (Å²) in [4.78, 5) is 0. The summed E-state index contributed by atoms with van der Waals surface area (Å²) < 4.78 is 1.91. The Morgan fingerprint density at radius 3 is 2.33 bits per heavy atom. The molecule has 116 valence electrons. The Bertz CT molecular complexity index is 996. The highest BCUT2D eigenvalue weighted by atomic mass is 15.4. The minimum Gasteiger partial charge on any atom is -0.212 e. The van der Waals surface area contributed by atoms with Crippen molar-refractivity contribution in [3.05, 3.63) is 95.6 Å². The van der Waals surface area contributed by atoms with Crippen LogP contribution < -0.4 is 0 Å². The Kier molecular flexibility index (Phi) is 3.67. The number of fused-ring (bicyclic) bond motifs is 1. The molecule has 4 aromatic rings. The van der Waals surface area contributed by atoms with Crippen molar-refractivity contribution in [2.24, 2.45) is 0 Å². The fourth-order valence-electron chi connectivity index (χ4n) is 2.74. The monoisotopic (exact) mass is 311 g/mol. The van der Waals surface area contributed by atoms with Crippen molar-refractivity contribution in [1.82, 2.24) is 15.0 Å². The fraction of sp³-hybridized carbons (Fsp3) is 0.0476. The molecule has 1 aromatic heterocycles. The van der Waals surface area contributed by atoms with Crippen molar-refractivity contribution in [3.8, 4) is 0 Å². The minimum atomic E-state index is 0.892. The van der Waals surface area contributed by atoms with E-state index in [1.54, 1.807) is 0 Å². The number of benzene rings is 3. The second-order valence-electron chi connectivity index (χ2n) is 5.80. The number of hydrogen-bond donors (Lipinski definition) is 0. The summed E-state index contributed by atoms with van der Waals surface area (Å²) in [5, 5.41) is 8.68. The average molecular weight is 311 g/mol. The van der Waals surface area contributed by atoms with Gasteiger partial charge in [-0.3, -0.25) is 0 Å². The highest BCUT2D eigenvalue weighted by Gasteiger charge is 2.10. The third-order valence-electron chi connectivity index (χ3n) is 4.03. The zero-order chi connectivity index (χ0) is 16.4. The van der Waals surface area contributed by atoms with Crippen LogP contribution in [-0.2, 0) is 0 Å². The molecule has 3 nitrogen and oxygen atoms in total. The normalized spacial score (nSPS) is 11.8. The lowest BCUT2D eigenvalue weighted by Gasteiger charge is -2.09. The molecule has 0 aliphatic carbocycles. The van der Waals surface area contributed by atoms with E-state index in [4.69, 9.17) is 0 Å². The molecule has 0 atom stereocenters. The van der Waals surface area contributed by atoms with Gasteiger partial charge in [0.15, 0.2) is 0 Å². The first-order chi connectivity index (χ1) is 11.8. The second kappa shape index (κ2) is 6.13. The van der Waals surface area contributed by atoms with Crippen molar-refractivity contribution in [3.63, 3.8) is 0 Å². The minimum absolute atomic E-state index is 0.892. The first-order valence-corrected chi connectivity index (χ1v) is 7.96. The van der Waals surface area contributed by atoms with Crippen LogP contribution in [0.25, 0.3) is 22.8 Å². The van der Waals surface area contributed by atoms with Crippen LogP contribution in [0.2, 0.25) is 0 Å². The van der Waals surface area contributed by atoms with Crippen molar-refractivity contribution >= 4 is 22.8 Å². The van der Waals surface area contributed by atoms with E-state index in [9.17, 15) is 0 Å². The number of nitrogens with zero attached hydrogens (tertiary/aromatic N) is 3. The van der Waals surface area contributed by atoms with Crippen molar-refractivity contribution in [2.75, 3.05) is 0 Å². The molecule has 0 saturated carbocycles. The van der Waals surface area contributed by atoms with Gasteiger partial charge in [0.1, 0.15) is 5.52 Å². The molecule has 0 spiro atoms. The van der Waals surface area contributed by atoms with Gasteiger partial charge in [-0.1, -0.05) is 77.5 Å². The molecule has 4 rings (SSSR count). The lowest BCUT2D eigenvalue weighted by molar-refractivity contribution is 0.843. The predicted octanol–water partition coefficient (Wildman–Crippen LogP) is 4.79. The van der Waals surface area contributed by atoms with Gasteiger partial charge in [-0.25, -0.2) is 4.68 Å². The Labute approximate surface area is 140 Å². The molecule has 0 amide bonds. The molecular formula is C21H17N3. The lowest BCUT2D eigenvalue weighted by atomic mass is 10.1. The number of para-hydroxylation sites is 1.